The number of hydrogen-bond donors (Lipinski definition) is 2. The van der Waals surface area contributed by atoms with Crippen LogP contribution in [0.3, 0.4) is 0 Å². The van der Waals surface area contributed by atoms with Crippen molar-refractivity contribution >= 4 is 40.5 Å². The molecule has 0 saturated carbocycles. The lowest BCUT2D eigenvalue weighted by Crippen LogP contribution is -2.09. The lowest BCUT2D eigenvalue weighted by atomic mass is 10.2. The Labute approximate surface area is 126 Å². The topological polar surface area (TPSA) is 50.9 Å². The molecule has 1 aromatic heterocycles. The monoisotopic (exact) mass is 339 g/mol. The van der Waals surface area contributed by atoms with Gasteiger partial charge >= 0.3 is 6.18 Å². The Morgan fingerprint density at radius 1 is 1.10 bits per heavy atom. The molecule has 0 fully saturated rings. The molecule has 0 aliphatic carbocycles. The first-order valence-corrected chi connectivity index (χ1v) is 6.19. The first kappa shape index (κ1) is 15.7. The van der Waals surface area contributed by atoms with Crippen LogP contribution in [0.2, 0.25) is 10.0 Å². The molecule has 0 radical (unpaired) electrons. The van der Waals surface area contributed by atoms with Crippen LogP contribution in [-0.2, 0) is 6.18 Å². The van der Waals surface area contributed by atoms with Crippen LogP contribution in [0.5, 0.6) is 0 Å². The van der Waals surface area contributed by atoms with Crippen molar-refractivity contribution in [3.8, 4) is 0 Å². The van der Waals surface area contributed by atoms with E-state index in [4.69, 9.17) is 28.9 Å². The number of nitrogens with two attached hydrogens (primary N) is 1. The number of alkyl halides is 3. The molecule has 0 atom stereocenters. The number of nitrogens with one attached hydrogen (secondary N) is 1. The Morgan fingerprint density at radius 3 is 2.38 bits per heavy atom. The summed E-state index contributed by atoms with van der Waals surface area (Å²) in [6.45, 7) is 0. The molecule has 21 heavy (non-hydrogen) atoms. The average Bonchev–Trinajstić information content (AvgIpc) is 2.37. The van der Waals surface area contributed by atoms with Gasteiger partial charge in [0.15, 0.2) is 5.82 Å². The summed E-state index contributed by atoms with van der Waals surface area (Å²) < 4.78 is 51.0. The normalized spacial score (nSPS) is 11.5. The third-order valence-corrected chi connectivity index (χ3v) is 3.08. The highest BCUT2D eigenvalue weighted by Gasteiger charge is 2.34. The summed E-state index contributed by atoms with van der Waals surface area (Å²) in [4.78, 5) is 3.81. The van der Waals surface area contributed by atoms with Crippen LogP contribution in [-0.4, -0.2) is 4.98 Å². The third-order valence-electron chi connectivity index (χ3n) is 2.49. The Kier molecular flexibility index (Phi) is 4.15. The van der Waals surface area contributed by atoms with Gasteiger partial charge < -0.3 is 11.1 Å². The van der Waals surface area contributed by atoms with Crippen molar-refractivity contribution in [1.29, 1.82) is 0 Å². The van der Waals surface area contributed by atoms with Gasteiger partial charge in [0, 0.05) is 5.69 Å². The molecule has 0 saturated heterocycles. The molecule has 9 heteroatoms. The quantitative estimate of drug-likeness (QED) is 0.767. The smallest absolute Gasteiger partial charge is 0.382 e. The first-order valence-electron chi connectivity index (χ1n) is 5.44. The van der Waals surface area contributed by atoms with Crippen molar-refractivity contribution in [2.75, 3.05) is 11.1 Å². The lowest BCUT2D eigenvalue weighted by molar-refractivity contribution is -0.139. The Morgan fingerprint density at radius 2 is 1.76 bits per heavy atom. The van der Waals surface area contributed by atoms with Crippen LogP contribution in [0, 0.1) is 5.82 Å². The molecule has 2 aromatic rings. The van der Waals surface area contributed by atoms with Crippen molar-refractivity contribution < 1.29 is 17.6 Å². The lowest BCUT2D eigenvalue weighted by Gasteiger charge is -2.12. The van der Waals surface area contributed by atoms with Gasteiger partial charge in [0.25, 0.3) is 0 Å². The van der Waals surface area contributed by atoms with Crippen LogP contribution >= 0.6 is 23.2 Å². The second kappa shape index (κ2) is 5.57. The zero-order valence-electron chi connectivity index (χ0n) is 10.1. The molecule has 0 bridgehead atoms. The minimum Gasteiger partial charge on any atom is -0.382 e. The number of hydrogen-bond acceptors (Lipinski definition) is 3. The summed E-state index contributed by atoms with van der Waals surface area (Å²) in [6, 6.07) is 3.71. The molecule has 3 N–H and O–H groups in total. The van der Waals surface area contributed by atoms with Gasteiger partial charge in [0.2, 0.25) is 0 Å². The fraction of sp³-hybridized carbons (Fsp3) is 0.0833. The van der Waals surface area contributed by atoms with E-state index < -0.39 is 17.6 Å². The summed E-state index contributed by atoms with van der Waals surface area (Å²) >= 11 is 11.5. The molecule has 0 aliphatic rings. The molecule has 112 valence electrons. The first-order chi connectivity index (χ1) is 9.68. The van der Waals surface area contributed by atoms with E-state index in [-0.39, 0.29) is 27.4 Å². The molecular weight excluding hydrogens is 333 g/mol. The van der Waals surface area contributed by atoms with Gasteiger partial charge in [-0.15, -0.1) is 0 Å². The number of benzene rings is 1. The van der Waals surface area contributed by atoms with Gasteiger partial charge in [-0.3, -0.25) is 0 Å². The number of anilines is 3. The molecule has 3 nitrogen and oxygen atoms in total. The Balaban J connectivity index is 2.39. The SMILES string of the molecule is Nc1nc(Nc2ccc(F)c(C(F)(F)F)c2)c(Cl)cc1Cl. The van der Waals surface area contributed by atoms with Crippen molar-refractivity contribution in [2.24, 2.45) is 0 Å². The Bertz CT molecular complexity index is 689. The van der Waals surface area contributed by atoms with Gasteiger partial charge in [-0.25, -0.2) is 9.37 Å². The standard InChI is InChI=1S/C12H7Cl2F4N3/c13-7-4-8(14)11(21-10(7)19)20-5-1-2-9(15)6(3-5)12(16,17)18/h1-4H,(H3,19,20,21). The number of aromatic nitrogens is 1. The van der Waals surface area contributed by atoms with Crippen LogP contribution in [0.4, 0.5) is 34.9 Å². The van der Waals surface area contributed by atoms with E-state index in [1.165, 1.54) is 6.07 Å². The van der Waals surface area contributed by atoms with Gasteiger partial charge in [0.05, 0.1) is 15.6 Å². The number of pyridine rings is 1. The van der Waals surface area contributed by atoms with Gasteiger partial charge in [-0.05, 0) is 24.3 Å². The van der Waals surface area contributed by atoms with Gasteiger partial charge in [0.1, 0.15) is 11.6 Å². The van der Waals surface area contributed by atoms with Crippen LogP contribution in [0.15, 0.2) is 24.3 Å². The molecular formula is C12H7Cl2F4N3. The van der Waals surface area contributed by atoms with E-state index in [0.717, 1.165) is 6.07 Å². The zero-order chi connectivity index (χ0) is 15.8. The maximum atomic E-state index is 13.2. The second-order valence-electron chi connectivity index (χ2n) is 4.00. The fourth-order valence-corrected chi connectivity index (χ4v) is 1.93. The summed E-state index contributed by atoms with van der Waals surface area (Å²) in [5, 5.41) is 2.71. The van der Waals surface area contributed by atoms with Crippen LogP contribution in [0.1, 0.15) is 5.56 Å². The summed E-state index contributed by atoms with van der Waals surface area (Å²) in [5.41, 5.74) is 4.05. The number of rotatable bonds is 2. The number of nitrogen functional groups attached to an aromatic ring is 1. The summed E-state index contributed by atoms with van der Waals surface area (Å²) in [5.74, 6) is -1.40. The minimum atomic E-state index is -4.81. The van der Waals surface area contributed by atoms with E-state index in [1.807, 2.05) is 0 Å². The molecule has 2 rings (SSSR count). The largest absolute Gasteiger partial charge is 0.419 e. The number of nitrogens with zero attached hydrogens (tertiary/aromatic N) is 1. The van der Waals surface area contributed by atoms with E-state index in [9.17, 15) is 17.6 Å². The van der Waals surface area contributed by atoms with E-state index >= 15 is 0 Å². The predicted molar refractivity (Wildman–Crippen MR) is 73.4 cm³/mol. The molecule has 0 amide bonds. The fourth-order valence-electron chi connectivity index (χ4n) is 1.53. The van der Waals surface area contributed by atoms with E-state index in [1.54, 1.807) is 0 Å². The molecule has 0 unspecified atom stereocenters. The summed E-state index contributed by atoms with van der Waals surface area (Å²) in [6.07, 6.45) is -4.81. The van der Waals surface area contributed by atoms with E-state index in [0.29, 0.717) is 12.1 Å². The van der Waals surface area contributed by atoms with Crippen molar-refractivity contribution in [1.82, 2.24) is 4.98 Å². The van der Waals surface area contributed by atoms with Crippen LogP contribution < -0.4 is 11.1 Å². The predicted octanol–water partition coefficient (Wildman–Crippen LogP) is 4.87. The van der Waals surface area contributed by atoms with Gasteiger partial charge in [-0.2, -0.15) is 13.2 Å². The highest BCUT2D eigenvalue weighted by Crippen LogP contribution is 2.35. The maximum Gasteiger partial charge on any atom is 0.419 e. The molecule has 1 aromatic carbocycles. The second-order valence-corrected chi connectivity index (χ2v) is 4.82. The molecule has 1 heterocycles. The molecule has 0 spiro atoms. The highest BCUT2D eigenvalue weighted by atomic mass is 35.5. The molecule has 0 aliphatic heterocycles. The summed E-state index contributed by atoms with van der Waals surface area (Å²) in [7, 11) is 0. The third kappa shape index (κ3) is 3.48. The zero-order valence-corrected chi connectivity index (χ0v) is 11.6. The van der Waals surface area contributed by atoms with Gasteiger partial charge in [-0.1, -0.05) is 23.2 Å². The van der Waals surface area contributed by atoms with Crippen molar-refractivity contribution in [3.63, 3.8) is 0 Å². The van der Waals surface area contributed by atoms with E-state index in [2.05, 4.69) is 10.3 Å². The maximum absolute atomic E-state index is 13.2. The van der Waals surface area contributed by atoms with Crippen molar-refractivity contribution in [3.05, 3.63) is 45.7 Å². The number of halogens is 6. The highest BCUT2D eigenvalue weighted by molar-refractivity contribution is 6.37. The van der Waals surface area contributed by atoms with Crippen molar-refractivity contribution in [2.45, 2.75) is 6.18 Å². The Hall–Kier alpha value is -1.73. The van der Waals surface area contributed by atoms with Crippen LogP contribution in [0.25, 0.3) is 0 Å². The minimum absolute atomic E-state index is 0.0123. The average molecular weight is 340 g/mol.